The number of nitrogens with two attached hydrogens (primary N) is 1. The Morgan fingerprint density at radius 1 is 1.00 bits per heavy atom. The summed E-state index contributed by atoms with van der Waals surface area (Å²) in [6.07, 6.45) is 0. The third kappa shape index (κ3) is 2.99. The lowest BCUT2D eigenvalue weighted by Crippen LogP contribution is -2.51. The van der Waals surface area contributed by atoms with Crippen LogP contribution in [0, 0.1) is 0 Å². The maximum absolute atomic E-state index is 12.6. The lowest BCUT2D eigenvalue weighted by molar-refractivity contribution is -0.139. The van der Waals surface area contributed by atoms with Gasteiger partial charge < -0.3 is 16.2 Å². The first-order chi connectivity index (χ1) is 10.5. The van der Waals surface area contributed by atoms with Crippen LogP contribution in [0.3, 0.4) is 0 Å². The summed E-state index contributed by atoms with van der Waals surface area (Å²) >= 11 is 0. The van der Waals surface area contributed by atoms with E-state index in [2.05, 4.69) is 5.32 Å². The average Bonchev–Trinajstić information content (AvgIpc) is 2.55. The van der Waals surface area contributed by atoms with E-state index in [0.717, 1.165) is 0 Å². The number of nitrogens with one attached hydrogen (secondary N) is 1. The molecule has 5 heteroatoms. The fraction of sp³-hybridized carbons (Fsp3) is 0.176. The molecule has 0 aromatic heterocycles. The van der Waals surface area contributed by atoms with Gasteiger partial charge in [0.05, 0.1) is 0 Å². The second kappa shape index (κ2) is 6.41. The summed E-state index contributed by atoms with van der Waals surface area (Å²) in [5.41, 5.74) is 4.10. The van der Waals surface area contributed by atoms with Crippen LogP contribution in [0.15, 0.2) is 60.7 Å². The van der Waals surface area contributed by atoms with Crippen LogP contribution in [0.4, 0.5) is 0 Å². The predicted octanol–water partition coefficient (Wildman–Crippen LogP) is 0.913. The number of carbonyl (C=O) groups excluding carboxylic acids is 2. The van der Waals surface area contributed by atoms with Gasteiger partial charge in [0.15, 0.2) is 5.60 Å². The predicted molar refractivity (Wildman–Crippen MR) is 82.7 cm³/mol. The highest BCUT2D eigenvalue weighted by molar-refractivity contribution is 5.93. The van der Waals surface area contributed by atoms with Gasteiger partial charge in [0.25, 0.3) is 5.91 Å². The number of aliphatic hydroxyl groups is 1. The molecule has 1 atom stereocenters. The number of rotatable bonds is 5. The Balaban J connectivity index is 2.47. The molecule has 2 aromatic carbocycles. The topological polar surface area (TPSA) is 92.4 Å². The molecule has 0 heterocycles. The lowest BCUT2D eigenvalue weighted by atomic mass is 9.85. The first-order valence-electron chi connectivity index (χ1n) is 6.90. The van der Waals surface area contributed by atoms with Crippen LogP contribution >= 0.6 is 0 Å². The van der Waals surface area contributed by atoms with Crippen LogP contribution in [0.25, 0.3) is 0 Å². The van der Waals surface area contributed by atoms with Crippen LogP contribution in [0.1, 0.15) is 18.1 Å². The number of primary amides is 1. The number of amides is 2. The monoisotopic (exact) mass is 298 g/mol. The zero-order chi connectivity index (χ0) is 16.2. The van der Waals surface area contributed by atoms with Crippen molar-refractivity contribution < 1.29 is 14.7 Å². The fourth-order valence-electron chi connectivity index (χ4n) is 2.16. The van der Waals surface area contributed by atoms with Gasteiger partial charge in [-0.2, -0.15) is 0 Å². The van der Waals surface area contributed by atoms with Crippen LogP contribution in [0.5, 0.6) is 0 Å². The van der Waals surface area contributed by atoms with Crippen molar-refractivity contribution in [1.82, 2.24) is 5.32 Å². The summed E-state index contributed by atoms with van der Waals surface area (Å²) in [5, 5.41) is 13.5. The summed E-state index contributed by atoms with van der Waals surface area (Å²) in [6, 6.07) is 16.2. The molecule has 0 aliphatic heterocycles. The van der Waals surface area contributed by atoms with Crippen molar-refractivity contribution in [3.05, 3.63) is 71.8 Å². The number of hydrogen-bond acceptors (Lipinski definition) is 3. The van der Waals surface area contributed by atoms with Crippen LogP contribution in [-0.2, 0) is 15.2 Å². The van der Waals surface area contributed by atoms with Crippen molar-refractivity contribution in [1.29, 1.82) is 0 Å². The summed E-state index contributed by atoms with van der Waals surface area (Å²) in [6.45, 7) is 1.47. The standard InChI is InChI=1S/C17H18N2O3/c1-12(15(18)20)19-16(21)17(22,13-8-4-2-5-9-13)14-10-6-3-7-11-14/h2-12,22H,1H3,(H2,18,20)(H,19,21). The minimum atomic E-state index is -1.90. The first kappa shape index (κ1) is 15.7. The van der Waals surface area contributed by atoms with Gasteiger partial charge in [0.2, 0.25) is 5.91 Å². The summed E-state index contributed by atoms with van der Waals surface area (Å²) in [5.74, 6) is -1.37. The van der Waals surface area contributed by atoms with E-state index < -0.39 is 23.5 Å². The largest absolute Gasteiger partial charge is 0.372 e. The third-order valence-corrected chi connectivity index (χ3v) is 3.49. The maximum atomic E-state index is 12.6. The number of hydrogen-bond donors (Lipinski definition) is 3. The van der Waals surface area contributed by atoms with E-state index in [1.807, 2.05) is 0 Å². The normalized spacial score (nSPS) is 12.5. The highest BCUT2D eigenvalue weighted by atomic mass is 16.3. The van der Waals surface area contributed by atoms with Crippen LogP contribution in [-0.4, -0.2) is 23.0 Å². The summed E-state index contributed by atoms with van der Waals surface area (Å²) < 4.78 is 0. The molecule has 0 saturated carbocycles. The highest BCUT2D eigenvalue weighted by Crippen LogP contribution is 2.29. The SMILES string of the molecule is CC(NC(=O)C(O)(c1ccccc1)c1ccccc1)C(N)=O. The Bertz CT molecular complexity index is 617. The van der Waals surface area contributed by atoms with Crippen molar-refractivity contribution in [3.8, 4) is 0 Å². The molecule has 2 rings (SSSR count). The second-order valence-electron chi connectivity index (χ2n) is 5.04. The second-order valence-corrected chi connectivity index (χ2v) is 5.04. The summed E-state index contributed by atoms with van der Waals surface area (Å²) in [4.78, 5) is 23.8. The Hall–Kier alpha value is -2.66. The molecule has 4 N–H and O–H groups in total. The molecule has 0 aliphatic carbocycles. The zero-order valence-electron chi connectivity index (χ0n) is 12.2. The first-order valence-corrected chi connectivity index (χ1v) is 6.90. The van der Waals surface area contributed by atoms with E-state index in [-0.39, 0.29) is 0 Å². The van der Waals surface area contributed by atoms with Gasteiger partial charge in [0, 0.05) is 0 Å². The molecule has 0 bridgehead atoms. The molecular weight excluding hydrogens is 280 g/mol. The Labute approximate surface area is 128 Å². The Morgan fingerprint density at radius 3 is 1.77 bits per heavy atom. The van der Waals surface area contributed by atoms with Gasteiger partial charge in [-0.1, -0.05) is 60.7 Å². The van der Waals surface area contributed by atoms with Crippen molar-refractivity contribution in [2.24, 2.45) is 5.73 Å². The van der Waals surface area contributed by atoms with E-state index >= 15 is 0 Å². The summed E-state index contributed by atoms with van der Waals surface area (Å²) in [7, 11) is 0. The van der Waals surface area contributed by atoms with Crippen molar-refractivity contribution in [3.63, 3.8) is 0 Å². The molecule has 5 nitrogen and oxygen atoms in total. The van der Waals surface area contributed by atoms with E-state index in [9.17, 15) is 14.7 Å². The number of benzene rings is 2. The van der Waals surface area contributed by atoms with Gasteiger partial charge in [-0.25, -0.2) is 0 Å². The number of carbonyl (C=O) groups is 2. The molecule has 2 aromatic rings. The average molecular weight is 298 g/mol. The van der Waals surface area contributed by atoms with Crippen LogP contribution < -0.4 is 11.1 Å². The van der Waals surface area contributed by atoms with E-state index in [4.69, 9.17) is 5.73 Å². The fourth-order valence-corrected chi connectivity index (χ4v) is 2.16. The lowest BCUT2D eigenvalue weighted by Gasteiger charge is -2.29. The third-order valence-electron chi connectivity index (χ3n) is 3.49. The smallest absolute Gasteiger partial charge is 0.262 e. The highest BCUT2D eigenvalue weighted by Gasteiger charge is 2.40. The molecule has 0 fully saturated rings. The molecular formula is C17H18N2O3. The quantitative estimate of drug-likeness (QED) is 0.766. The molecule has 1 unspecified atom stereocenters. The van der Waals surface area contributed by atoms with Gasteiger partial charge >= 0.3 is 0 Å². The van der Waals surface area contributed by atoms with Gasteiger partial charge in [-0.05, 0) is 18.1 Å². The molecule has 0 radical (unpaired) electrons. The van der Waals surface area contributed by atoms with Crippen molar-refractivity contribution in [2.45, 2.75) is 18.6 Å². The molecule has 114 valence electrons. The Morgan fingerprint density at radius 2 is 1.41 bits per heavy atom. The molecule has 0 saturated heterocycles. The molecule has 0 aliphatic rings. The molecule has 22 heavy (non-hydrogen) atoms. The Kier molecular flexibility index (Phi) is 4.58. The van der Waals surface area contributed by atoms with E-state index in [1.54, 1.807) is 60.7 Å². The van der Waals surface area contributed by atoms with Crippen LogP contribution in [0.2, 0.25) is 0 Å². The zero-order valence-corrected chi connectivity index (χ0v) is 12.2. The van der Waals surface area contributed by atoms with Gasteiger partial charge in [0.1, 0.15) is 6.04 Å². The molecule has 2 amide bonds. The van der Waals surface area contributed by atoms with Crippen molar-refractivity contribution >= 4 is 11.8 Å². The van der Waals surface area contributed by atoms with Gasteiger partial charge in [-0.3, -0.25) is 9.59 Å². The van der Waals surface area contributed by atoms with Crippen molar-refractivity contribution in [2.75, 3.05) is 0 Å². The van der Waals surface area contributed by atoms with E-state index in [0.29, 0.717) is 11.1 Å². The minimum Gasteiger partial charge on any atom is -0.372 e. The van der Waals surface area contributed by atoms with E-state index in [1.165, 1.54) is 6.92 Å². The maximum Gasteiger partial charge on any atom is 0.262 e. The molecule has 0 spiro atoms. The minimum absolute atomic E-state index is 0.412. The van der Waals surface area contributed by atoms with Gasteiger partial charge in [-0.15, -0.1) is 0 Å².